The number of carbonyl (C=O) groups excluding carboxylic acids is 3. The summed E-state index contributed by atoms with van der Waals surface area (Å²) in [6.07, 6.45) is -13.5. The SMILES string of the molecule is CCCOC(=O)CC(COC(=O)C(F)(F)F)OC(=O)C(F)(F)F. The van der Waals surface area contributed by atoms with Gasteiger partial charge in [0, 0.05) is 0 Å². The van der Waals surface area contributed by atoms with E-state index in [1.54, 1.807) is 6.92 Å². The summed E-state index contributed by atoms with van der Waals surface area (Å²) in [4.78, 5) is 32.4. The summed E-state index contributed by atoms with van der Waals surface area (Å²) in [6, 6.07) is 0. The van der Waals surface area contributed by atoms with Gasteiger partial charge in [-0.25, -0.2) is 9.59 Å². The molecular formula is C11H12F6O6. The fourth-order valence-corrected chi connectivity index (χ4v) is 1.06. The van der Waals surface area contributed by atoms with E-state index in [2.05, 4.69) is 14.2 Å². The van der Waals surface area contributed by atoms with Crippen molar-refractivity contribution in [1.82, 2.24) is 0 Å². The van der Waals surface area contributed by atoms with Gasteiger partial charge in [-0.05, 0) is 6.42 Å². The minimum absolute atomic E-state index is 0.0961. The summed E-state index contributed by atoms with van der Waals surface area (Å²) in [6.45, 7) is 0.127. The molecule has 1 unspecified atom stereocenters. The average molecular weight is 354 g/mol. The maximum Gasteiger partial charge on any atom is 0.490 e. The Morgan fingerprint density at radius 2 is 1.43 bits per heavy atom. The third-order valence-electron chi connectivity index (χ3n) is 2.00. The van der Waals surface area contributed by atoms with E-state index in [0.29, 0.717) is 6.42 Å². The molecule has 0 spiro atoms. The van der Waals surface area contributed by atoms with Gasteiger partial charge < -0.3 is 14.2 Å². The average Bonchev–Trinajstić information content (AvgIpc) is 2.39. The first-order valence-electron chi connectivity index (χ1n) is 6.05. The predicted octanol–water partition coefficient (Wildman–Crippen LogP) is 1.91. The van der Waals surface area contributed by atoms with Gasteiger partial charge in [0.2, 0.25) is 0 Å². The Balaban J connectivity index is 4.76. The number of rotatable bonds is 7. The summed E-state index contributed by atoms with van der Waals surface area (Å²) in [5.74, 6) is -6.57. The van der Waals surface area contributed by atoms with Crippen LogP contribution in [0, 0.1) is 0 Å². The first-order valence-corrected chi connectivity index (χ1v) is 6.05. The van der Waals surface area contributed by atoms with Crippen LogP contribution in [0.4, 0.5) is 26.3 Å². The van der Waals surface area contributed by atoms with Gasteiger partial charge in [-0.2, -0.15) is 26.3 Å². The Bertz CT molecular complexity index is 430. The van der Waals surface area contributed by atoms with Gasteiger partial charge in [-0.1, -0.05) is 6.92 Å². The highest BCUT2D eigenvalue weighted by molar-refractivity contribution is 5.77. The molecular weight excluding hydrogens is 342 g/mol. The molecule has 0 aliphatic heterocycles. The van der Waals surface area contributed by atoms with Crippen LogP contribution in [0.5, 0.6) is 0 Å². The summed E-state index contributed by atoms with van der Waals surface area (Å²) in [5.41, 5.74) is 0. The molecule has 0 aromatic heterocycles. The Morgan fingerprint density at radius 3 is 1.87 bits per heavy atom. The van der Waals surface area contributed by atoms with Crippen LogP contribution >= 0.6 is 0 Å². The fraction of sp³-hybridized carbons (Fsp3) is 0.727. The second-order valence-corrected chi connectivity index (χ2v) is 4.05. The Hall–Kier alpha value is -2.01. The van der Waals surface area contributed by atoms with Crippen molar-refractivity contribution in [2.45, 2.75) is 38.2 Å². The fourth-order valence-electron chi connectivity index (χ4n) is 1.06. The van der Waals surface area contributed by atoms with Gasteiger partial charge in [-0.15, -0.1) is 0 Å². The second kappa shape index (κ2) is 8.58. The zero-order chi connectivity index (χ0) is 18.3. The predicted molar refractivity (Wildman–Crippen MR) is 58.8 cm³/mol. The molecule has 134 valence electrons. The topological polar surface area (TPSA) is 78.9 Å². The lowest BCUT2D eigenvalue weighted by atomic mass is 10.2. The van der Waals surface area contributed by atoms with Crippen molar-refractivity contribution in [3.63, 3.8) is 0 Å². The Morgan fingerprint density at radius 1 is 0.913 bits per heavy atom. The number of hydrogen-bond donors (Lipinski definition) is 0. The highest BCUT2D eigenvalue weighted by Gasteiger charge is 2.44. The molecule has 0 aromatic rings. The van der Waals surface area contributed by atoms with Gasteiger partial charge in [0.1, 0.15) is 12.7 Å². The van der Waals surface area contributed by atoms with Gasteiger partial charge in [0.15, 0.2) is 0 Å². The molecule has 6 nitrogen and oxygen atoms in total. The molecule has 0 bridgehead atoms. The molecule has 23 heavy (non-hydrogen) atoms. The van der Waals surface area contributed by atoms with E-state index < -0.39 is 49.4 Å². The lowest BCUT2D eigenvalue weighted by molar-refractivity contribution is -0.214. The largest absolute Gasteiger partial charge is 0.490 e. The summed E-state index contributed by atoms with van der Waals surface area (Å²) < 4.78 is 83.9. The normalized spacial score (nSPS) is 13.2. The van der Waals surface area contributed by atoms with Crippen LogP contribution in [0.1, 0.15) is 19.8 Å². The highest BCUT2D eigenvalue weighted by atomic mass is 19.4. The van der Waals surface area contributed by atoms with E-state index in [1.165, 1.54) is 0 Å². The number of esters is 3. The Labute approximate surface area is 125 Å². The van der Waals surface area contributed by atoms with Crippen LogP contribution in [-0.4, -0.2) is 49.6 Å². The zero-order valence-corrected chi connectivity index (χ0v) is 11.6. The van der Waals surface area contributed by atoms with Crippen molar-refractivity contribution in [2.75, 3.05) is 13.2 Å². The van der Waals surface area contributed by atoms with Gasteiger partial charge in [0.05, 0.1) is 13.0 Å². The summed E-state index contributed by atoms with van der Waals surface area (Å²) >= 11 is 0. The standard InChI is InChI=1S/C11H12F6O6/c1-2-3-21-7(18)4-6(23-9(20)11(15,16)17)5-22-8(19)10(12,13)14/h6H,2-5H2,1H3. The number of halogens is 6. The van der Waals surface area contributed by atoms with E-state index >= 15 is 0 Å². The van der Waals surface area contributed by atoms with Crippen molar-refractivity contribution in [3.05, 3.63) is 0 Å². The lowest BCUT2D eigenvalue weighted by Gasteiger charge is -2.18. The number of hydrogen-bond acceptors (Lipinski definition) is 6. The summed E-state index contributed by atoms with van der Waals surface area (Å²) in [5, 5.41) is 0. The third-order valence-corrected chi connectivity index (χ3v) is 2.00. The van der Waals surface area contributed by atoms with Crippen LogP contribution in [0.15, 0.2) is 0 Å². The molecule has 0 fully saturated rings. The molecule has 12 heteroatoms. The minimum atomic E-state index is -5.43. The first kappa shape index (κ1) is 21.0. The Kier molecular flexibility index (Phi) is 7.83. The molecule has 0 heterocycles. The molecule has 0 aliphatic rings. The molecule has 0 N–H and O–H groups in total. The van der Waals surface area contributed by atoms with E-state index in [1.807, 2.05) is 0 Å². The molecule has 0 rings (SSSR count). The molecule has 0 aliphatic carbocycles. The maximum atomic E-state index is 12.1. The molecule has 1 atom stereocenters. The van der Waals surface area contributed by atoms with Crippen LogP contribution in [0.3, 0.4) is 0 Å². The first-order chi connectivity index (χ1) is 10.4. The maximum absolute atomic E-state index is 12.1. The van der Waals surface area contributed by atoms with Crippen molar-refractivity contribution < 1.29 is 54.9 Å². The number of alkyl halides is 6. The summed E-state index contributed by atoms with van der Waals surface area (Å²) in [7, 11) is 0. The van der Waals surface area contributed by atoms with Crippen LogP contribution in [-0.2, 0) is 28.6 Å². The number of ether oxygens (including phenoxy) is 3. The highest BCUT2D eigenvalue weighted by Crippen LogP contribution is 2.20. The smallest absolute Gasteiger partial charge is 0.466 e. The van der Waals surface area contributed by atoms with E-state index in [-0.39, 0.29) is 6.61 Å². The van der Waals surface area contributed by atoms with Crippen molar-refractivity contribution >= 4 is 17.9 Å². The van der Waals surface area contributed by atoms with E-state index in [4.69, 9.17) is 0 Å². The second-order valence-electron chi connectivity index (χ2n) is 4.05. The monoisotopic (exact) mass is 354 g/mol. The van der Waals surface area contributed by atoms with Crippen LogP contribution in [0.25, 0.3) is 0 Å². The van der Waals surface area contributed by atoms with Gasteiger partial charge >= 0.3 is 30.3 Å². The molecule has 0 saturated heterocycles. The van der Waals surface area contributed by atoms with Crippen LogP contribution < -0.4 is 0 Å². The molecule has 0 saturated carbocycles. The molecule has 0 amide bonds. The van der Waals surface area contributed by atoms with Crippen molar-refractivity contribution in [3.8, 4) is 0 Å². The van der Waals surface area contributed by atoms with Gasteiger partial charge in [0.25, 0.3) is 0 Å². The third kappa shape index (κ3) is 8.88. The lowest BCUT2D eigenvalue weighted by Crippen LogP contribution is -2.36. The van der Waals surface area contributed by atoms with Crippen molar-refractivity contribution in [2.24, 2.45) is 0 Å². The zero-order valence-electron chi connectivity index (χ0n) is 11.6. The molecule has 0 aromatic carbocycles. The van der Waals surface area contributed by atoms with Crippen LogP contribution in [0.2, 0.25) is 0 Å². The minimum Gasteiger partial charge on any atom is -0.466 e. The van der Waals surface area contributed by atoms with Gasteiger partial charge in [-0.3, -0.25) is 4.79 Å². The van der Waals surface area contributed by atoms with E-state index in [0.717, 1.165) is 0 Å². The van der Waals surface area contributed by atoms with E-state index in [9.17, 15) is 40.7 Å². The number of carbonyl (C=O) groups is 3. The quantitative estimate of drug-likeness (QED) is 0.395. The molecule has 0 radical (unpaired) electrons. The van der Waals surface area contributed by atoms with Crippen molar-refractivity contribution in [1.29, 1.82) is 0 Å².